The maximum absolute atomic E-state index is 9.50. The molecule has 1 N–H and O–H groups in total. The van der Waals surface area contributed by atoms with Crippen molar-refractivity contribution in [1.29, 1.82) is 0 Å². The quantitative estimate of drug-likeness (QED) is 0.819. The summed E-state index contributed by atoms with van der Waals surface area (Å²) in [5.41, 5.74) is 1.80. The summed E-state index contributed by atoms with van der Waals surface area (Å²) in [6, 6.07) is 10.7. The van der Waals surface area contributed by atoms with E-state index in [1.54, 1.807) is 0 Å². The van der Waals surface area contributed by atoms with Crippen LogP contribution in [0, 0.1) is 11.3 Å². The van der Waals surface area contributed by atoms with Crippen molar-refractivity contribution in [2.24, 2.45) is 11.3 Å². The van der Waals surface area contributed by atoms with Crippen LogP contribution in [0.3, 0.4) is 0 Å². The molecule has 4 atom stereocenters. The molecule has 2 unspecified atom stereocenters. The highest BCUT2D eigenvalue weighted by molar-refractivity contribution is 5.23. The van der Waals surface area contributed by atoms with Gasteiger partial charge in [-0.3, -0.25) is 0 Å². The van der Waals surface area contributed by atoms with Crippen LogP contribution >= 0.6 is 0 Å². The molecule has 0 heterocycles. The largest absolute Gasteiger partial charge is 0.393 e. The van der Waals surface area contributed by atoms with Crippen LogP contribution < -0.4 is 0 Å². The summed E-state index contributed by atoms with van der Waals surface area (Å²) in [6.07, 6.45) is 2.03. The van der Waals surface area contributed by atoms with Gasteiger partial charge in [0.1, 0.15) is 0 Å². The molecule has 1 nitrogen and oxygen atoms in total. The average Bonchev–Trinajstić information content (AvgIpc) is 2.89. The lowest BCUT2D eigenvalue weighted by molar-refractivity contribution is 0.152. The van der Waals surface area contributed by atoms with Gasteiger partial charge in [0.25, 0.3) is 0 Å². The molecule has 0 radical (unpaired) electrons. The molecule has 1 saturated carbocycles. The SMILES string of the molecule is CC(O)C[C@]1(C)C[C@H]1C(C)c1ccccc1. The van der Waals surface area contributed by atoms with E-state index in [2.05, 4.69) is 44.2 Å². The first-order valence-electron chi connectivity index (χ1n) is 6.26. The van der Waals surface area contributed by atoms with E-state index in [-0.39, 0.29) is 6.10 Å². The van der Waals surface area contributed by atoms with Crippen molar-refractivity contribution < 1.29 is 5.11 Å². The van der Waals surface area contributed by atoms with E-state index in [4.69, 9.17) is 0 Å². The van der Waals surface area contributed by atoms with E-state index in [9.17, 15) is 5.11 Å². The van der Waals surface area contributed by atoms with Crippen molar-refractivity contribution in [3.63, 3.8) is 0 Å². The zero-order valence-electron chi connectivity index (χ0n) is 10.5. The molecule has 16 heavy (non-hydrogen) atoms. The van der Waals surface area contributed by atoms with Crippen molar-refractivity contribution in [3.05, 3.63) is 35.9 Å². The van der Waals surface area contributed by atoms with Crippen LogP contribution in [0.5, 0.6) is 0 Å². The Morgan fingerprint density at radius 2 is 1.94 bits per heavy atom. The van der Waals surface area contributed by atoms with Crippen LogP contribution in [-0.4, -0.2) is 11.2 Å². The highest BCUT2D eigenvalue weighted by Gasteiger charge is 2.52. The molecule has 0 saturated heterocycles. The molecule has 0 aliphatic heterocycles. The van der Waals surface area contributed by atoms with E-state index in [1.165, 1.54) is 12.0 Å². The molecule has 0 aromatic heterocycles. The van der Waals surface area contributed by atoms with E-state index >= 15 is 0 Å². The van der Waals surface area contributed by atoms with Gasteiger partial charge < -0.3 is 5.11 Å². The first-order valence-corrected chi connectivity index (χ1v) is 6.26. The predicted octanol–water partition coefficient (Wildman–Crippen LogP) is 3.59. The lowest BCUT2D eigenvalue weighted by Crippen LogP contribution is -2.12. The summed E-state index contributed by atoms with van der Waals surface area (Å²) in [6.45, 7) is 6.52. The van der Waals surface area contributed by atoms with E-state index < -0.39 is 0 Å². The van der Waals surface area contributed by atoms with Gasteiger partial charge in [-0.1, -0.05) is 44.2 Å². The summed E-state index contributed by atoms with van der Waals surface area (Å²) in [7, 11) is 0. The van der Waals surface area contributed by atoms with Crippen LogP contribution in [0.4, 0.5) is 0 Å². The van der Waals surface area contributed by atoms with Gasteiger partial charge in [-0.15, -0.1) is 0 Å². The summed E-state index contributed by atoms with van der Waals surface area (Å²) < 4.78 is 0. The molecule has 0 bridgehead atoms. The topological polar surface area (TPSA) is 20.2 Å². The van der Waals surface area contributed by atoms with Gasteiger partial charge in [-0.2, -0.15) is 0 Å². The normalized spacial score (nSPS) is 32.1. The van der Waals surface area contributed by atoms with Gasteiger partial charge in [0, 0.05) is 0 Å². The Balaban J connectivity index is 2.01. The molecular formula is C15H22O. The Morgan fingerprint density at radius 3 is 2.50 bits per heavy atom. The molecule has 0 spiro atoms. The van der Waals surface area contributed by atoms with Crippen LogP contribution in [0.2, 0.25) is 0 Å². The molecule has 1 heteroatoms. The Labute approximate surface area is 98.5 Å². The minimum absolute atomic E-state index is 0.169. The minimum atomic E-state index is -0.169. The third kappa shape index (κ3) is 2.30. The number of hydrogen-bond donors (Lipinski definition) is 1. The summed E-state index contributed by atoms with van der Waals surface area (Å²) in [5, 5.41) is 9.50. The standard InChI is InChI=1S/C15H22O/c1-11(16)9-15(3)10-14(15)12(2)13-7-5-4-6-8-13/h4-8,11-12,14,16H,9-10H2,1-3H3/t11?,12?,14-,15+/m0/s1. The Hall–Kier alpha value is -0.820. The summed E-state index contributed by atoms with van der Waals surface area (Å²) >= 11 is 0. The number of aliphatic hydroxyl groups excluding tert-OH is 1. The van der Waals surface area contributed by atoms with Crippen molar-refractivity contribution in [3.8, 4) is 0 Å². The highest BCUT2D eigenvalue weighted by atomic mass is 16.3. The highest BCUT2D eigenvalue weighted by Crippen LogP contribution is 2.61. The zero-order valence-corrected chi connectivity index (χ0v) is 10.5. The molecule has 1 aliphatic carbocycles. The summed E-state index contributed by atoms with van der Waals surface area (Å²) in [4.78, 5) is 0. The number of hydrogen-bond acceptors (Lipinski definition) is 1. The monoisotopic (exact) mass is 218 g/mol. The fourth-order valence-corrected chi connectivity index (χ4v) is 3.12. The van der Waals surface area contributed by atoms with E-state index in [0.29, 0.717) is 11.3 Å². The molecule has 1 fully saturated rings. The van der Waals surface area contributed by atoms with Crippen molar-refractivity contribution in [2.75, 3.05) is 0 Å². The van der Waals surface area contributed by atoms with E-state index in [0.717, 1.165) is 12.3 Å². The Kier molecular flexibility index (Phi) is 3.07. The maximum atomic E-state index is 9.50. The van der Waals surface area contributed by atoms with Crippen LogP contribution in [0.15, 0.2) is 30.3 Å². The first-order chi connectivity index (χ1) is 7.53. The van der Waals surface area contributed by atoms with Crippen molar-refractivity contribution in [1.82, 2.24) is 0 Å². The molecule has 2 rings (SSSR count). The maximum Gasteiger partial charge on any atom is 0.0517 e. The van der Waals surface area contributed by atoms with Crippen molar-refractivity contribution in [2.45, 2.75) is 45.6 Å². The van der Waals surface area contributed by atoms with Gasteiger partial charge in [-0.25, -0.2) is 0 Å². The molecule has 1 aromatic rings. The van der Waals surface area contributed by atoms with Crippen LogP contribution in [0.1, 0.15) is 45.1 Å². The van der Waals surface area contributed by atoms with Gasteiger partial charge in [0.05, 0.1) is 6.10 Å². The predicted molar refractivity (Wildman–Crippen MR) is 67.4 cm³/mol. The summed E-state index contributed by atoms with van der Waals surface area (Å²) in [5.74, 6) is 1.36. The van der Waals surface area contributed by atoms with Gasteiger partial charge in [0.2, 0.25) is 0 Å². The Morgan fingerprint density at radius 1 is 1.31 bits per heavy atom. The molecule has 88 valence electrons. The smallest absolute Gasteiger partial charge is 0.0517 e. The average molecular weight is 218 g/mol. The Bertz CT molecular complexity index is 344. The molecular weight excluding hydrogens is 196 g/mol. The third-order valence-electron chi connectivity index (χ3n) is 4.11. The van der Waals surface area contributed by atoms with Crippen molar-refractivity contribution >= 4 is 0 Å². The molecule has 1 aliphatic rings. The van der Waals surface area contributed by atoms with Gasteiger partial charge >= 0.3 is 0 Å². The second-order valence-electron chi connectivity index (χ2n) is 5.72. The number of aliphatic hydroxyl groups is 1. The van der Waals surface area contributed by atoms with Crippen LogP contribution in [0.25, 0.3) is 0 Å². The molecule has 0 amide bonds. The first kappa shape index (κ1) is 11.7. The fourth-order valence-electron chi connectivity index (χ4n) is 3.12. The van der Waals surface area contributed by atoms with E-state index in [1.807, 2.05) is 6.92 Å². The minimum Gasteiger partial charge on any atom is -0.393 e. The second-order valence-corrected chi connectivity index (χ2v) is 5.72. The lowest BCUT2D eigenvalue weighted by atomic mass is 9.88. The second kappa shape index (κ2) is 4.21. The number of rotatable bonds is 4. The third-order valence-corrected chi connectivity index (χ3v) is 4.11. The molecule has 1 aromatic carbocycles. The zero-order chi connectivity index (χ0) is 11.8. The van der Waals surface area contributed by atoms with Crippen LogP contribution in [-0.2, 0) is 0 Å². The van der Waals surface area contributed by atoms with Gasteiger partial charge in [0.15, 0.2) is 0 Å². The van der Waals surface area contributed by atoms with Gasteiger partial charge in [-0.05, 0) is 42.6 Å². The number of benzene rings is 1. The fraction of sp³-hybridized carbons (Fsp3) is 0.600. The lowest BCUT2D eigenvalue weighted by Gasteiger charge is -2.18.